The molecular formula is C16H17NO2S. The van der Waals surface area contributed by atoms with Gasteiger partial charge in [-0.15, -0.1) is 11.3 Å². The average Bonchev–Trinajstić information content (AvgIpc) is 2.92. The number of nitrogens with one attached hydrogen (secondary N) is 1. The lowest BCUT2D eigenvalue weighted by Crippen LogP contribution is -2.09. The maximum Gasteiger partial charge on any atom is 0.265 e. The van der Waals surface area contributed by atoms with Crippen molar-refractivity contribution in [1.29, 1.82) is 0 Å². The van der Waals surface area contributed by atoms with Gasteiger partial charge in [0, 0.05) is 10.6 Å². The summed E-state index contributed by atoms with van der Waals surface area (Å²) in [5.74, 6) is 0.768. The van der Waals surface area contributed by atoms with Gasteiger partial charge in [-0.3, -0.25) is 4.79 Å². The van der Waals surface area contributed by atoms with Gasteiger partial charge >= 0.3 is 0 Å². The van der Waals surface area contributed by atoms with Crippen LogP contribution < -0.4 is 10.1 Å². The van der Waals surface area contributed by atoms with E-state index in [-0.39, 0.29) is 5.91 Å². The van der Waals surface area contributed by atoms with E-state index in [4.69, 9.17) is 4.74 Å². The number of carbonyl (C=O) groups excluding carboxylic acids is 1. The molecule has 0 atom stereocenters. The molecule has 20 heavy (non-hydrogen) atoms. The highest BCUT2D eigenvalue weighted by Crippen LogP contribution is 2.30. The first kappa shape index (κ1) is 13.2. The number of hydrogen-bond donors (Lipinski definition) is 1. The van der Waals surface area contributed by atoms with Crippen molar-refractivity contribution in [3.8, 4) is 5.75 Å². The number of methoxy groups -OCH3 is 1. The monoisotopic (exact) mass is 287 g/mol. The van der Waals surface area contributed by atoms with Crippen molar-refractivity contribution in [3.63, 3.8) is 0 Å². The molecule has 1 aliphatic rings. The van der Waals surface area contributed by atoms with Crippen molar-refractivity contribution < 1.29 is 9.53 Å². The molecule has 1 amide bonds. The van der Waals surface area contributed by atoms with Crippen LogP contribution in [0.5, 0.6) is 5.75 Å². The van der Waals surface area contributed by atoms with Gasteiger partial charge in [-0.1, -0.05) is 0 Å². The number of amides is 1. The molecule has 0 fully saturated rings. The molecule has 2 aromatic rings. The van der Waals surface area contributed by atoms with Crippen LogP contribution in [0.15, 0.2) is 30.3 Å². The van der Waals surface area contributed by atoms with Crippen molar-refractivity contribution in [2.75, 3.05) is 12.4 Å². The van der Waals surface area contributed by atoms with Crippen LogP contribution in [-0.4, -0.2) is 13.0 Å². The van der Waals surface area contributed by atoms with Crippen LogP contribution in [0.4, 0.5) is 5.69 Å². The lowest BCUT2D eigenvalue weighted by atomic mass is 9.99. The van der Waals surface area contributed by atoms with Crippen molar-refractivity contribution >= 4 is 22.9 Å². The predicted molar refractivity (Wildman–Crippen MR) is 81.9 cm³/mol. The maximum absolute atomic E-state index is 12.3. The number of aryl methyl sites for hydroxylation is 2. The Kier molecular flexibility index (Phi) is 3.74. The highest BCUT2D eigenvalue weighted by Gasteiger charge is 2.17. The molecule has 104 valence electrons. The third-order valence-corrected chi connectivity index (χ3v) is 4.80. The number of anilines is 1. The lowest BCUT2D eigenvalue weighted by Gasteiger charge is -2.08. The van der Waals surface area contributed by atoms with Gasteiger partial charge in [0.2, 0.25) is 0 Å². The number of thiophene rings is 1. The fraction of sp³-hybridized carbons (Fsp3) is 0.312. The normalized spacial score (nSPS) is 13.7. The molecule has 1 N–H and O–H groups in total. The molecule has 0 spiro atoms. The van der Waals surface area contributed by atoms with E-state index >= 15 is 0 Å². The molecule has 3 nitrogen and oxygen atoms in total. The minimum absolute atomic E-state index is 0.0189. The van der Waals surface area contributed by atoms with Gasteiger partial charge in [-0.25, -0.2) is 0 Å². The summed E-state index contributed by atoms with van der Waals surface area (Å²) in [6.45, 7) is 0. The molecule has 0 unspecified atom stereocenters. The third-order valence-electron chi connectivity index (χ3n) is 3.57. The summed E-state index contributed by atoms with van der Waals surface area (Å²) in [5, 5.41) is 2.93. The molecular weight excluding hydrogens is 270 g/mol. The average molecular weight is 287 g/mol. The largest absolute Gasteiger partial charge is 0.497 e. The lowest BCUT2D eigenvalue weighted by molar-refractivity contribution is 0.103. The van der Waals surface area contributed by atoms with E-state index in [1.54, 1.807) is 18.4 Å². The minimum Gasteiger partial charge on any atom is -0.497 e. The van der Waals surface area contributed by atoms with Gasteiger partial charge in [-0.2, -0.15) is 0 Å². The Hall–Kier alpha value is -1.81. The zero-order chi connectivity index (χ0) is 13.9. The van der Waals surface area contributed by atoms with E-state index in [0.29, 0.717) is 0 Å². The first-order chi connectivity index (χ1) is 9.76. The van der Waals surface area contributed by atoms with Crippen LogP contribution in [0.3, 0.4) is 0 Å². The van der Waals surface area contributed by atoms with Crippen LogP contribution in [0, 0.1) is 0 Å². The van der Waals surface area contributed by atoms with Crippen molar-refractivity contribution in [1.82, 2.24) is 0 Å². The second kappa shape index (κ2) is 5.67. The Balaban J connectivity index is 1.73. The first-order valence-corrected chi connectivity index (χ1v) is 7.65. The number of hydrogen-bond acceptors (Lipinski definition) is 3. The molecule has 0 aliphatic heterocycles. The molecule has 1 heterocycles. The molecule has 0 saturated heterocycles. The Morgan fingerprint density at radius 2 is 1.95 bits per heavy atom. The minimum atomic E-state index is -0.0189. The molecule has 4 heteroatoms. The van der Waals surface area contributed by atoms with E-state index in [9.17, 15) is 4.79 Å². The number of rotatable bonds is 3. The molecule has 0 radical (unpaired) electrons. The first-order valence-electron chi connectivity index (χ1n) is 6.83. The molecule has 0 bridgehead atoms. The smallest absolute Gasteiger partial charge is 0.265 e. The van der Waals surface area contributed by atoms with Crippen molar-refractivity contribution in [3.05, 3.63) is 45.6 Å². The van der Waals surface area contributed by atoms with E-state index in [0.717, 1.165) is 29.2 Å². The highest BCUT2D eigenvalue weighted by atomic mass is 32.1. The predicted octanol–water partition coefficient (Wildman–Crippen LogP) is 3.89. The van der Waals surface area contributed by atoms with Gasteiger partial charge in [-0.05, 0) is 61.6 Å². The van der Waals surface area contributed by atoms with Gasteiger partial charge in [0.05, 0.1) is 12.0 Å². The van der Waals surface area contributed by atoms with E-state index in [1.807, 2.05) is 24.3 Å². The summed E-state index contributed by atoms with van der Waals surface area (Å²) in [4.78, 5) is 14.5. The number of ether oxygens (including phenoxy) is 1. The topological polar surface area (TPSA) is 38.3 Å². The third kappa shape index (κ3) is 2.70. The van der Waals surface area contributed by atoms with Crippen LogP contribution in [0.25, 0.3) is 0 Å². The van der Waals surface area contributed by atoms with Gasteiger partial charge in [0.1, 0.15) is 5.75 Å². The molecule has 3 rings (SSSR count). The van der Waals surface area contributed by atoms with Crippen molar-refractivity contribution in [2.45, 2.75) is 25.7 Å². The Morgan fingerprint density at radius 3 is 2.65 bits per heavy atom. The van der Waals surface area contributed by atoms with Gasteiger partial charge in [0.25, 0.3) is 5.91 Å². The van der Waals surface area contributed by atoms with Crippen LogP contribution >= 0.6 is 11.3 Å². The van der Waals surface area contributed by atoms with E-state index < -0.39 is 0 Å². The molecule has 1 aromatic heterocycles. The van der Waals surface area contributed by atoms with Crippen LogP contribution in [-0.2, 0) is 12.8 Å². The maximum atomic E-state index is 12.3. The Morgan fingerprint density at radius 1 is 1.20 bits per heavy atom. The fourth-order valence-corrected chi connectivity index (χ4v) is 3.62. The zero-order valence-electron chi connectivity index (χ0n) is 11.4. The highest BCUT2D eigenvalue weighted by molar-refractivity contribution is 7.14. The zero-order valence-corrected chi connectivity index (χ0v) is 12.3. The van der Waals surface area contributed by atoms with E-state index in [1.165, 1.54) is 23.3 Å². The number of benzene rings is 1. The standard InChI is InChI=1S/C16H17NO2S/c1-19-13-8-6-12(7-9-13)17-16(18)15-10-11-4-2-3-5-14(11)20-15/h6-10H,2-5H2,1H3,(H,17,18). The van der Waals surface area contributed by atoms with Crippen LogP contribution in [0.2, 0.25) is 0 Å². The second-order valence-corrected chi connectivity index (χ2v) is 6.09. The van der Waals surface area contributed by atoms with Gasteiger partial charge in [0.15, 0.2) is 0 Å². The van der Waals surface area contributed by atoms with E-state index in [2.05, 4.69) is 11.4 Å². The second-order valence-electron chi connectivity index (χ2n) is 4.95. The van der Waals surface area contributed by atoms with Crippen molar-refractivity contribution in [2.24, 2.45) is 0 Å². The number of carbonyl (C=O) groups is 1. The summed E-state index contributed by atoms with van der Waals surface area (Å²) in [6, 6.07) is 9.44. The van der Waals surface area contributed by atoms with Crippen LogP contribution in [0.1, 0.15) is 33.0 Å². The molecule has 1 aliphatic carbocycles. The summed E-state index contributed by atoms with van der Waals surface area (Å²) < 4.78 is 5.10. The number of fused-ring (bicyclic) bond motifs is 1. The molecule has 1 aromatic carbocycles. The fourth-order valence-electron chi connectivity index (χ4n) is 2.47. The Bertz CT molecular complexity index is 592. The molecule has 0 saturated carbocycles. The quantitative estimate of drug-likeness (QED) is 0.930. The SMILES string of the molecule is COc1ccc(NC(=O)c2cc3c(s2)CCCC3)cc1. The summed E-state index contributed by atoms with van der Waals surface area (Å²) >= 11 is 1.63. The summed E-state index contributed by atoms with van der Waals surface area (Å²) in [6.07, 6.45) is 4.72. The van der Waals surface area contributed by atoms with Gasteiger partial charge < -0.3 is 10.1 Å². The summed E-state index contributed by atoms with van der Waals surface area (Å²) in [7, 11) is 1.63. The Labute approximate surface area is 122 Å². The summed E-state index contributed by atoms with van der Waals surface area (Å²) in [5.41, 5.74) is 2.16.